The van der Waals surface area contributed by atoms with Crippen molar-refractivity contribution in [3.63, 3.8) is 0 Å². The van der Waals surface area contributed by atoms with Crippen molar-refractivity contribution in [1.29, 1.82) is 0 Å². The highest BCUT2D eigenvalue weighted by Crippen LogP contribution is 2.32. The second-order valence-electron chi connectivity index (χ2n) is 4.07. The maximum Gasteiger partial charge on any atom is 0.336 e. The molecule has 0 unspecified atom stereocenters. The molecule has 5 heteroatoms. The van der Waals surface area contributed by atoms with Gasteiger partial charge < -0.3 is 14.2 Å². The van der Waals surface area contributed by atoms with Crippen LogP contribution in [0.3, 0.4) is 0 Å². The second kappa shape index (κ2) is 3.90. The summed E-state index contributed by atoms with van der Waals surface area (Å²) in [5, 5.41) is 0. The number of cyclic esters (lactones) is 1. The zero-order chi connectivity index (χ0) is 11.9. The largest absolute Gasteiger partial charge is 0.455 e. The summed E-state index contributed by atoms with van der Waals surface area (Å²) >= 11 is 0. The van der Waals surface area contributed by atoms with Gasteiger partial charge in [-0.05, 0) is 19.9 Å². The Labute approximate surface area is 93.4 Å². The van der Waals surface area contributed by atoms with Crippen LogP contribution in [0.4, 0.5) is 0 Å². The number of ether oxygens (including phenoxy) is 3. The van der Waals surface area contributed by atoms with E-state index in [9.17, 15) is 9.59 Å². The number of hydrogen-bond donors (Lipinski definition) is 0. The Bertz CT molecular complexity index is 359. The molecule has 0 saturated carbocycles. The molecule has 4 atom stereocenters. The van der Waals surface area contributed by atoms with Crippen molar-refractivity contribution in [1.82, 2.24) is 0 Å². The minimum atomic E-state index is -0.512. The predicted molar refractivity (Wildman–Crippen MR) is 53.5 cm³/mol. The number of hydrogen-bond acceptors (Lipinski definition) is 5. The molecule has 0 aromatic rings. The lowest BCUT2D eigenvalue weighted by molar-refractivity contribution is -0.162. The number of esters is 2. The first-order chi connectivity index (χ1) is 7.49. The van der Waals surface area contributed by atoms with Gasteiger partial charge in [0.15, 0.2) is 6.10 Å². The molecule has 0 spiro atoms. The minimum absolute atomic E-state index is 0.0326. The van der Waals surface area contributed by atoms with Crippen LogP contribution in [0.2, 0.25) is 0 Å². The van der Waals surface area contributed by atoms with E-state index in [2.05, 4.69) is 0 Å². The summed E-state index contributed by atoms with van der Waals surface area (Å²) in [7, 11) is 0. The quantitative estimate of drug-likeness (QED) is 0.509. The Morgan fingerprint density at radius 3 is 2.50 bits per heavy atom. The van der Waals surface area contributed by atoms with Crippen LogP contribution in [0.15, 0.2) is 11.6 Å². The first-order valence-corrected chi connectivity index (χ1v) is 5.24. The van der Waals surface area contributed by atoms with Crippen LogP contribution in [0, 0.1) is 0 Å². The molecule has 2 aliphatic rings. The van der Waals surface area contributed by atoms with Gasteiger partial charge in [0.25, 0.3) is 0 Å². The lowest BCUT2D eigenvalue weighted by Gasteiger charge is -2.26. The van der Waals surface area contributed by atoms with Crippen LogP contribution < -0.4 is 0 Å². The van der Waals surface area contributed by atoms with E-state index in [1.807, 2.05) is 6.92 Å². The van der Waals surface area contributed by atoms with Gasteiger partial charge in [-0.1, -0.05) is 0 Å². The molecule has 1 saturated heterocycles. The van der Waals surface area contributed by atoms with Crippen molar-refractivity contribution in [2.45, 2.75) is 45.2 Å². The van der Waals surface area contributed by atoms with E-state index in [1.165, 1.54) is 6.92 Å². The first kappa shape index (κ1) is 11.1. The SMILES string of the molecule is CC(=O)O[C@H]1C=C([C@H]2O[C@@H]2C)C(=O)O[C@@H]1C. The van der Waals surface area contributed by atoms with Gasteiger partial charge >= 0.3 is 11.9 Å². The van der Waals surface area contributed by atoms with Gasteiger partial charge in [-0.2, -0.15) is 0 Å². The molecule has 0 bridgehead atoms. The summed E-state index contributed by atoms with van der Waals surface area (Å²) in [5.41, 5.74) is 0.455. The highest BCUT2D eigenvalue weighted by molar-refractivity contribution is 5.91. The molecule has 5 nitrogen and oxygen atoms in total. The third kappa shape index (κ3) is 2.09. The molecule has 1 fully saturated rings. The summed E-state index contributed by atoms with van der Waals surface area (Å²) in [5.74, 6) is -0.777. The fraction of sp³-hybridized carbons (Fsp3) is 0.636. The summed E-state index contributed by atoms with van der Waals surface area (Å²) in [6.07, 6.45) is 0.491. The molecule has 0 aliphatic carbocycles. The van der Waals surface area contributed by atoms with Gasteiger partial charge in [0.1, 0.15) is 12.2 Å². The van der Waals surface area contributed by atoms with E-state index in [0.717, 1.165) is 0 Å². The van der Waals surface area contributed by atoms with Gasteiger partial charge in [-0.15, -0.1) is 0 Å². The summed E-state index contributed by atoms with van der Waals surface area (Å²) in [6, 6.07) is 0. The second-order valence-corrected chi connectivity index (χ2v) is 4.07. The maximum atomic E-state index is 11.6. The van der Waals surface area contributed by atoms with Crippen LogP contribution >= 0.6 is 0 Å². The Balaban J connectivity index is 2.15. The van der Waals surface area contributed by atoms with Crippen LogP contribution in [0.5, 0.6) is 0 Å². The van der Waals surface area contributed by atoms with Crippen molar-refractivity contribution in [2.75, 3.05) is 0 Å². The summed E-state index contributed by atoms with van der Waals surface area (Å²) < 4.78 is 15.4. The van der Waals surface area contributed by atoms with Crippen molar-refractivity contribution in [3.8, 4) is 0 Å². The molecule has 2 aliphatic heterocycles. The fourth-order valence-electron chi connectivity index (χ4n) is 1.73. The average molecular weight is 226 g/mol. The molecule has 0 amide bonds. The average Bonchev–Trinajstić information content (AvgIpc) is 2.87. The Morgan fingerprint density at radius 1 is 1.38 bits per heavy atom. The van der Waals surface area contributed by atoms with Crippen molar-refractivity contribution < 1.29 is 23.8 Å². The smallest absolute Gasteiger partial charge is 0.336 e. The third-order valence-corrected chi connectivity index (χ3v) is 2.65. The van der Waals surface area contributed by atoms with E-state index in [-0.39, 0.29) is 18.2 Å². The number of carbonyl (C=O) groups is 2. The van der Waals surface area contributed by atoms with Crippen molar-refractivity contribution in [3.05, 3.63) is 11.6 Å². The number of epoxide rings is 1. The van der Waals surface area contributed by atoms with Crippen molar-refractivity contribution in [2.24, 2.45) is 0 Å². The Kier molecular flexibility index (Phi) is 2.71. The summed E-state index contributed by atoms with van der Waals surface area (Å²) in [4.78, 5) is 22.4. The first-order valence-electron chi connectivity index (χ1n) is 5.24. The monoisotopic (exact) mass is 226 g/mol. The molecule has 2 heterocycles. The molecule has 0 N–H and O–H groups in total. The van der Waals surface area contributed by atoms with E-state index in [0.29, 0.717) is 5.57 Å². The van der Waals surface area contributed by atoms with E-state index < -0.39 is 18.2 Å². The molecule has 0 radical (unpaired) electrons. The lowest BCUT2D eigenvalue weighted by atomic mass is 10.0. The van der Waals surface area contributed by atoms with Gasteiger partial charge in [0.2, 0.25) is 0 Å². The van der Waals surface area contributed by atoms with Gasteiger partial charge in [-0.25, -0.2) is 4.79 Å². The van der Waals surface area contributed by atoms with Gasteiger partial charge in [0, 0.05) is 6.92 Å². The highest BCUT2D eigenvalue weighted by Gasteiger charge is 2.44. The molecular formula is C11H14O5. The van der Waals surface area contributed by atoms with Crippen LogP contribution in [0.25, 0.3) is 0 Å². The molecule has 88 valence electrons. The lowest BCUT2D eigenvalue weighted by Crippen LogP contribution is -2.37. The van der Waals surface area contributed by atoms with Crippen LogP contribution in [0.1, 0.15) is 20.8 Å². The zero-order valence-corrected chi connectivity index (χ0v) is 9.43. The van der Waals surface area contributed by atoms with Crippen LogP contribution in [-0.4, -0.2) is 36.4 Å². The van der Waals surface area contributed by atoms with Gasteiger partial charge in [-0.3, -0.25) is 4.79 Å². The predicted octanol–water partition coefficient (Wildman–Crippen LogP) is 0.577. The third-order valence-electron chi connectivity index (χ3n) is 2.65. The standard InChI is InChI=1S/C11H14O5/c1-5-9(16-7(3)12)4-8(11(13)15-5)10-6(2)14-10/h4-6,9-10H,1-3H3/t5-,6-,9+,10+/m1/s1. The fourth-order valence-corrected chi connectivity index (χ4v) is 1.73. The Hall–Kier alpha value is -1.36. The zero-order valence-electron chi connectivity index (χ0n) is 9.43. The normalized spacial score (nSPS) is 37.4. The number of rotatable bonds is 2. The Morgan fingerprint density at radius 2 is 2.00 bits per heavy atom. The number of carbonyl (C=O) groups excluding carboxylic acids is 2. The molecule has 16 heavy (non-hydrogen) atoms. The molecule has 2 rings (SSSR count). The molecule has 0 aromatic heterocycles. The minimum Gasteiger partial charge on any atom is -0.455 e. The van der Waals surface area contributed by atoms with E-state index >= 15 is 0 Å². The maximum absolute atomic E-state index is 11.6. The molecule has 0 aromatic carbocycles. The summed E-state index contributed by atoms with van der Waals surface area (Å²) in [6.45, 7) is 4.89. The molecular weight excluding hydrogens is 212 g/mol. The van der Waals surface area contributed by atoms with E-state index in [4.69, 9.17) is 14.2 Å². The van der Waals surface area contributed by atoms with Crippen molar-refractivity contribution >= 4 is 11.9 Å². The topological polar surface area (TPSA) is 65.1 Å². The highest BCUT2D eigenvalue weighted by atomic mass is 16.6. The van der Waals surface area contributed by atoms with Gasteiger partial charge in [0.05, 0.1) is 11.7 Å². The van der Waals surface area contributed by atoms with Crippen LogP contribution in [-0.2, 0) is 23.8 Å². The van der Waals surface area contributed by atoms with E-state index in [1.54, 1.807) is 13.0 Å².